The highest BCUT2D eigenvalue weighted by Gasteiger charge is 2.34. The molecule has 1 amide bonds. The van der Waals surface area contributed by atoms with E-state index in [-0.39, 0.29) is 11.9 Å². The van der Waals surface area contributed by atoms with Crippen LogP contribution in [0.3, 0.4) is 0 Å². The Morgan fingerprint density at radius 1 is 1.40 bits per heavy atom. The molecule has 0 saturated heterocycles. The summed E-state index contributed by atoms with van der Waals surface area (Å²) in [5, 5.41) is 25.4. The van der Waals surface area contributed by atoms with Crippen molar-refractivity contribution in [1.29, 1.82) is 0 Å². The second-order valence-electron chi connectivity index (χ2n) is 6.78. The van der Waals surface area contributed by atoms with Crippen molar-refractivity contribution in [2.24, 2.45) is 5.92 Å². The lowest BCUT2D eigenvalue weighted by Crippen LogP contribution is -2.40. The molecule has 7 nitrogen and oxygen atoms in total. The van der Waals surface area contributed by atoms with Gasteiger partial charge in [-0.2, -0.15) is 10.2 Å². The summed E-state index contributed by atoms with van der Waals surface area (Å²) in [5.74, 6) is 0.0674. The lowest BCUT2D eigenvalue weighted by atomic mass is 10.1. The molecule has 1 fully saturated rings. The zero-order valence-electron chi connectivity index (χ0n) is 14.0. The van der Waals surface area contributed by atoms with Gasteiger partial charge in [0.1, 0.15) is 5.69 Å². The van der Waals surface area contributed by atoms with E-state index in [9.17, 15) is 9.90 Å². The lowest BCUT2D eigenvalue weighted by Gasteiger charge is -2.16. The quantitative estimate of drug-likeness (QED) is 0.673. The van der Waals surface area contributed by atoms with Crippen LogP contribution >= 0.6 is 0 Å². The lowest BCUT2D eigenvalue weighted by molar-refractivity contribution is 0.0869. The van der Waals surface area contributed by atoms with E-state index < -0.39 is 6.10 Å². The molecule has 3 N–H and O–H groups in total. The molecule has 25 heavy (non-hydrogen) atoms. The fourth-order valence-corrected chi connectivity index (χ4v) is 3.69. The molecule has 4 rings (SSSR count). The normalized spacial score (nSPS) is 23.2. The predicted octanol–water partition coefficient (Wildman–Crippen LogP) is 1.64. The summed E-state index contributed by atoms with van der Waals surface area (Å²) in [7, 11) is 0. The number of para-hydroxylation sites is 1. The summed E-state index contributed by atoms with van der Waals surface area (Å²) in [6.07, 6.45) is 4.51. The number of H-pyrrole nitrogens is 1. The number of nitrogens with zero attached hydrogens (tertiary/aromatic N) is 3. The first-order valence-corrected chi connectivity index (χ1v) is 8.52. The molecule has 2 aromatic heterocycles. The van der Waals surface area contributed by atoms with Gasteiger partial charge in [-0.1, -0.05) is 18.2 Å². The number of benzene rings is 1. The molecule has 0 aliphatic heterocycles. The maximum atomic E-state index is 12.6. The highest BCUT2D eigenvalue weighted by molar-refractivity contribution is 6.05. The molecular weight excluding hydrogens is 318 g/mol. The molecule has 1 aliphatic rings. The first kappa shape index (κ1) is 15.8. The van der Waals surface area contributed by atoms with Crippen molar-refractivity contribution in [3.8, 4) is 0 Å². The van der Waals surface area contributed by atoms with Crippen molar-refractivity contribution in [2.45, 2.75) is 38.5 Å². The summed E-state index contributed by atoms with van der Waals surface area (Å²) < 4.78 is 1.87. The van der Waals surface area contributed by atoms with E-state index in [2.05, 4.69) is 20.6 Å². The molecule has 3 atom stereocenters. The fraction of sp³-hybridized carbons (Fsp3) is 0.389. The summed E-state index contributed by atoms with van der Waals surface area (Å²) in [4.78, 5) is 12.6. The van der Waals surface area contributed by atoms with Crippen LogP contribution in [0.4, 0.5) is 0 Å². The smallest absolute Gasteiger partial charge is 0.270 e. The van der Waals surface area contributed by atoms with Gasteiger partial charge in [-0.05, 0) is 37.3 Å². The maximum Gasteiger partial charge on any atom is 0.270 e. The number of hydrogen-bond donors (Lipinski definition) is 3. The minimum Gasteiger partial charge on any atom is -0.391 e. The van der Waals surface area contributed by atoms with Gasteiger partial charge >= 0.3 is 0 Å². The van der Waals surface area contributed by atoms with Gasteiger partial charge < -0.3 is 10.4 Å². The van der Waals surface area contributed by atoms with Crippen LogP contribution in [0, 0.1) is 12.8 Å². The SMILES string of the molecule is Cc1cccc2c(C(=O)N[C@@H]3CC(Cn4cccn4)C[C@H]3O)[nH]nc12. The molecule has 7 heteroatoms. The standard InChI is InChI=1S/C18H21N5O2/c1-11-4-2-5-13-16(11)21-22-17(13)18(25)20-14-8-12(9-15(14)24)10-23-7-3-6-19-23/h2-7,12,14-15,24H,8-10H2,1H3,(H,20,25)(H,21,22)/t12?,14-,15-/m1/s1. The Labute approximate surface area is 145 Å². The number of aromatic nitrogens is 4. The number of hydrogen-bond acceptors (Lipinski definition) is 4. The van der Waals surface area contributed by atoms with Crippen LogP contribution in [-0.2, 0) is 6.54 Å². The Hall–Kier alpha value is -2.67. The van der Waals surface area contributed by atoms with E-state index in [1.165, 1.54) is 0 Å². The highest BCUT2D eigenvalue weighted by Crippen LogP contribution is 2.28. The molecule has 0 spiro atoms. The van der Waals surface area contributed by atoms with Crippen LogP contribution < -0.4 is 5.32 Å². The Bertz CT molecular complexity index is 886. The largest absolute Gasteiger partial charge is 0.391 e. The molecule has 1 aliphatic carbocycles. The minimum atomic E-state index is -0.541. The zero-order valence-corrected chi connectivity index (χ0v) is 14.0. The number of carbonyl (C=O) groups is 1. The molecule has 1 saturated carbocycles. The summed E-state index contributed by atoms with van der Waals surface area (Å²) in [6, 6.07) is 7.39. The Morgan fingerprint density at radius 2 is 2.28 bits per heavy atom. The van der Waals surface area contributed by atoms with Crippen molar-refractivity contribution in [3.63, 3.8) is 0 Å². The maximum absolute atomic E-state index is 12.6. The summed E-state index contributed by atoms with van der Waals surface area (Å²) in [6.45, 7) is 2.72. The third-order valence-electron chi connectivity index (χ3n) is 4.96. The molecule has 0 bridgehead atoms. The number of amides is 1. The summed E-state index contributed by atoms with van der Waals surface area (Å²) >= 11 is 0. The van der Waals surface area contributed by atoms with E-state index in [0.717, 1.165) is 29.4 Å². The number of aryl methyl sites for hydroxylation is 1. The van der Waals surface area contributed by atoms with Gasteiger partial charge in [-0.15, -0.1) is 0 Å². The van der Waals surface area contributed by atoms with Crippen LogP contribution in [0.2, 0.25) is 0 Å². The monoisotopic (exact) mass is 339 g/mol. The molecule has 1 aromatic carbocycles. The first-order chi connectivity index (χ1) is 12.1. The number of aromatic amines is 1. The Balaban J connectivity index is 1.46. The van der Waals surface area contributed by atoms with Gasteiger partial charge in [0.05, 0.1) is 17.7 Å². The van der Waals surface area contributed by atoms with Gasteiger partial charge in [0.25, 0.3) is 5.91 Å². The molecule has 3 aromatic rings. The molecular formula is C18H21N5O2. The molecule has 130 valence electrons. The average molecular weight is 339 g/mol. The number of nitrogens with one attached hydrogen (secondary N) is 2. The Kier molecular flexibility index (Phi) is 4.01. The molecule has 0 radical (unpaired) electrons. The van der Waals surface area contributed by atoms with E-state index in [1.54, 1.807) is 6.20 Å². The van der Waals surface area contributed by atoms with Gasteiger partial charge in [-0.3, -0.25) is 14.6 Å². The molecule has 1 unspecified atom stereocenters. The van der Waals surface area contributed by atoms with E-state index in [0.29, 0.717) is 18.0 Å². The average Bonchev–Trinajstić information content (AvgIpc) is 3.29. The minimum absolute atomic E-state index is 0.225. The van der Waals surface area contributed by atoms with Crippen molar-refractivity contribution in [2.75, 3.05) is 0 Å². The number of aliphatic hydroxyl groups excluding tert-OH is 1. The van der Waals surface area contributed by atoms with Gasteiger partial charge in [0.15, 0.2) is 0 Å². The highest BCUT2D eigenvalue weighted by atomic mass is 16.3. The topological polar surface area (TPSA) is 95.8 Å². The van der Waals surface area contributed by atoms with E-state index in [4.69, 9.17) is 0 Å². The Morgan fingerprint density at radius 3 is 3.08 bits per heavy atom. The zero-order chi connectivity index (χ0) is 17.4. The summed E-state index contributed by atoms with van der Waals surface area (Å²) in [5.41, 5.74) is 2.27. The van der Waals surface area contributed by atoms with Gasteiger partial charge in [-0.25, -0.2) is 0 Å². The van der Waals surface area contributed by atoms with Crippen molar-refractivity contribution >= 4 is 16.8 Å². The van der Waals surface area contributed by atoms with Crippen molar-refractivity contribution < 1.29 is 9.90 Å². The van der Waals surface area contributed by atoms with Crippen LogP contribution in [-0.4, -0.2) is 43.1 Å². The van der Waals surface area contributed by atoms with E-state index >= 15 is 0 Å². The third-order valence-corrected chi connectivity index (χ3v) is 4.96. The van der Waals surface area contributed by atoms with Crippen LogP contribution in [0.5, 0.6) is 0 Å². The van der Waals surface area contributed by atoms with Crippen molar-refractivity contribution in [1.82, 2.24) is 25.3 Å². The van der Waals surface area contributed by atoms with Gasteiger partial charge in [0.2, 0.25) is 0 Å². The van der Waals surface area contributed by atoms with Crippen LogP contribution in [0.15, 0.2) is 36.7 Å². The van der Waals surface area contributed by atoms with Gasteiger partial charge in [0, 0.05) is 24.3 Å². The number of fused-ring (bicyclic) bond motifs is 1. The third kappa shape index (κ3) is 3.02. The second kappa shape index (κ2) is 6.33. The second-order valence-corrected chi connectivity index (χ2v) is 6.78. The fourth-order valence-electron chi connectivity index (χ4n) is 3.69. The predicted molar refractivity (Wildman–Crippen MR) is 93.0 cm³/mol. The number of rotatable bonds is 4. The number of carbonyl (C=O) groups excluding carboxylic acids is 1. The van der Waals surface area contributed by atoms with E-state index in [1.807, 2.05) is 42.1 Å². The molecule has 2 heterocycles. The first-order valence-electron chi connectivity index (χ1n) is 8.52. The number of aliphatic hydroxyl groups is 1. The van der Waals surface area contributed by atoms with Crippen molar-refractivity contribution in [3.05, 3.63) is 47.9 Å². The van der Waals surface area contributed by atoms with Crippen LogP contribution in [0.25, 0.3) is 10.9 Å². The van der Waals surface area contributed by atoms with Crippen LogP contribution in [0.1, 0.15) is 28.9 Å².